The average molecular weight is 374 g/mol. The van der Waals surface area contributed by atoms with Gasteiger partial charge in [-0.15, -0.1) is 0 Å². The van der Waals surface area contributed by atoms with E-state index in [0.29, 0.717) is 13.1 Å². The number of piperidine rings is 1. The zero-order valence-corrected chi connectivity index (χ0v) is 17.5. The van der Waals surface area contributed by atoms with E-state index in [9.17, 15) is 9.59 Å². The van der Waals surface area contributed by atoms with Crippen LogP contribution in [0.4, 0.5) is 0 Å². The monoisotopic (exact) mass is 373 g/mol. The van der Waals surface area contributed by atoms with Crippen LogP contribution in [-0.4, -0.2) is 48.3 Å². The summed E-state index contributed by atoms with van der Waals surface area (Å²) in [7, 11) is 2.10. The quantitative estimate of drug-likeness (QED) is 0.834. The lowest BCUT2D eigenvalue weighted by Gasteiger charge is -2.35. The predicted octanol–water partition coefficient (Wildman–Crippen LogP) is 3.04. The van der Waals surface area contributed by atoms with Gasteiger partial charge in [0, 0.05) is 31.6 Å². The molecule has 27 heavy (non-hydrogen) atoms. The Morgan fingerprint density at radius 1 is 1.26 bits per heavy atom. The van der Waals surface area contributed by atoms with E-state index in [2.05, 4.69) is 36.3 Å². The fraction of sp³-hybridized carbons (Fsp3) is 0.636. The van der Waals surface area contributed by atoms with Crippen LogP contribution >= 0.6 is 0 Å². The van der Waals surface area contributed by atoms with E-state index >= 15 is 0 Å². The van der Waals surface area contributed by atoms with Gasteiger partial charge in [0.15, 0.2) is 0 Å². The normalized spacial score (nSPS) is 17.9. The summed E-state index contributed by atoms with van der Waals surface area (Å²) in [5, 5.41) is 3.07. The molecule has 2 amide bonds. The Kier molecular flexibility index (Phi) is 7.42. The zero-order valence-electron chi connectivity index (χ0n) is 17.5. The van der Waals surface area contributed by atoms with Crippen molar-refractivity contribution in [2.24, 2.45) is 11.3 Å². The molecule has 1 N–H and O–H groups in total. The third kappa shape index (κ3) is 6.35. The Balaban J connectivity index is 1.90. The van der Waals surface area contributed by atoms with Crippen LogP contribution < -0.4 is 5.32 Å². The van der Waals surface area contributed by atoms with Gasteiger partial charge in [0.25, 0.3) is 0 Å². The molecule has 1 fully saturated rings. The van der Waals surface area contributed by atoms with Crippen molar-refractivity contribution in [3.63, 3.8) is 0 Å². The molecule has 1 atom stereocenters. The van der Waals surface area contributed by atoms with Crippen LogP contribution in [-0.2, 0) is 22.7 Å². The van der Waals surface area contributed by atoms with Crippen molar-refractivity contribution in [3.05, 3.63) is 35.4 Å². The Morgan fingerprint density at radius 3 is 2.63 bits per heavy atom. The van der Waals surface area contributed by atoms with Gasteiger partial charge in [-0.05, 0) is 37.6 Å². The first-order valence-electron chi connectivity index (χ1n) is 10.0. The average Bonchev–Trinajstić information content (AvgIpc) is 2.65. The first-order chi connectivity index (χ1) is 12.7. The van der Waals surface area contributed by atoms with Crippen LogP contribution in [0, 0.1) is 11.3 Å². The van der Waals surface area contributed by atoms with Gasteiger partial charge < -0.3 is 15.1 Å². The molecular weight excluding hydrogens is 338 g/mol. The third-order valence-electron chi connectivity index (χ3n) is 5.17. The number of hydrogen-bond acceptors (Lipinski definition) is 3. The molecule has 1 aliphatic heterocycles. The molecule has 0 spiro atoms. The number of likely N-dealkylation sites (tertiary alicyclic amines) is 1. The smallest absolute Gasteiger partial charge is 0.227 e. The molecule has 1 saturated heterocycles. The molecule has 0 aliphatic carbocycles. The highest BCUT2D eigenvalue weighted by atomic mass is 16.2. The minimum Gasteiger partial charge on any atom is -0.352 e. The summed E-state index contributed by atoms with van der Waals surface area (Å²) in [4.78, 5) is 29.3. The molecule has 2 rings (SSSR count). The van der Waals surface area contributed by atoms with Gasteiger partial charge in [0.2, 0.25) is 11.8 Å². The maximum Gasteiger partial charge on any atom is 0.227 e. The SMILES string of the molecule is CCN(C)Cc1cccc(CNC(=O)[C@@H]2CCCN(C(=O)C(C)(C)C)C2)c1. The van der Waals surface area contributed by atoms with Crippen molar-refractivity contribution in [1.82, 2.24) is 15.1 Å². The molecule has 0 radical (unpaired) electrons. The molecule has 0 aromatic heterocycles. The molecule has 1 aromatic carbocycles. The second-order valence-corrected chi connectivity index (χ2v) is 8.71. The number of hydrogen-bond donors (Lipinski definition) is 1. The maximum atomic E-state index is 12.6. The molecule has 0 saturated carbocycles. The van der Waals surface area contributed by atoms with E-state index < -0.39 is 5.41 Å². The van der Waals surface area contributed by atoms with Crippen LogP contribution in [0.2, 0.25) is 0 Å². The van der Waals surface area contributed by atoms with Crippen molar-refractivity contribution in [2.45, 2.75) is 53.6 Å². The van der Waals surface area contributed by atoms with Crippen molar-refractivity contribution in [1.29, 1.82) is 0 Å². The summed E-state index contributed by atoms with van der Waals surface area (Å²) in [5.41, 5.74) is 1.97. The van der Waals surface area contributed by atoms with E-state index in [1.807, 2.05) is 37.8 Å². The zero-order chi connectivity index (χ0) is 20.0. The first-order valence-corrected chi connectivity index (χ1v) is 10.0. The van der Waals surface area contributed by atoms with Crippen LogP contribution in [0.15, 0.2) is 24.3 Å². The van der Waals surface area contributed by atoms with Gasteiger partial charge in [0.1, 0.15) is 0 Å². The van der Waals surface area contributed by atoms with E-state index in [-0.39, 0.29) is 17.7 Å². The fourth-order valence-electron chi connectivity index (χ4n) is 3.44. The molecule has 1 heterocycles. The Hall–Kier alpha value is -1.88. The minimum absolute atomic E-state index is 0.0532. The van der Waals surface area contributed by atoms with Crippen LogP contribution in [0.5, 0.6) is 0 Å². The largest absolute Gasteiger partial charge is 0.352 e. The molecule has 5 nitrogen and oxygen atoms in total. The highest BCUT2D eigenvalue weighted by Gasteiger charge is 2.33. The van der Waals surface area contributed by atoms with Gasteiger partial charge in [0.05, 0.1) is 5.92 Å². The third-order valence-corrected chi connectivity index (χ3v) is 5.17. The van der Waals surface area contributed by atoms with Crippen molar-refractivity contribution < 1.29 is 9.59 Å². The van der Waals surface area contributed by atoms with Gasteiger partial charge in [-0.25, -0.2) is 0 Å². The molecular formula is C22H35N3O2. The standard InChI is InChI=1S/C22H35N3O2/c1-6-24(5)15-18-10-7-9-17(13-18)14-23-20(26)19-11-8-12-25(16-19)21(27)22(2,3)4/h7,9-10,13,19H,6,8,11-12,14-16H2,1-5H3,(H,23,26)/t19-/m1/s1. The molecule has 1 aromatic rings. The summed E-state index contributed by atoms with van der Waals surface area (Å²) in [5.74, 6) is 0.0738. The topological polar surface area (TPSA) is 52.7 Å². The van der Waals surface area contributed by atoms with Crippen molar-refractivity contribution in [2.75, 3.05) is 26.7 Å². The summed E-state index contributed by atoms with van der Waals surface area (Å²) >= 11 is 0. The summed E-state index contributed by atoms with van der Waals surface area (Å²) < 4.78 is 0. The number of rotatable bonds is 6. The Labute approximate surface area is 164 Å². The van der Waals surface area contributed by atoms with E-state index in [4.69, 9.17) is 0 Å². The molecule has 150 valence electrons. The Bertz CT molecular complexity index is 651. The molecule has 0 bridgehead atoms. The summed E-state index contributed by atoms with van der Waals surface area (Å²) in [6.45, 7) is 11.7. The lowest BCUT2D eigenvalue weighted by Crippen LogP contribution is -2.48. The number of nitrogens with one attached hydrogen (secondary N) is 1. The summed E-state index contributed by atoms with van der Waals surface area (Å²) in [6.07, 6.45) is 1.74. The van der Waals surface area contributed by atoms with Crippen molar-refractivity contribution in [3.8, 4) is 0 Å². The highest BCUT2D eigenvalue weighted by Crippen LogP contribution is 2.23. The second kappa shape index (κ2) is 9.36. The van der Waals surface area contributed by atoms with Crippen molar-refractivity contribution >= 4 is 11.8 Å². The number of nitrogens with zero attached hydrogens (tertiary/aromatic N) is 2. The molecule has 1 aliphatic rings. The van der Waals surface area contributed by atoms with E-state index in [0.717, 1.165) is 38.0 Å². The fourth-order valence-corrected chi connectivity index (χ4v) is 3.44. The number of benzene rings is 1. The van der Waals surface area contributed by atoms with Crippen LogP contribution in [0.1, 0.15) is 51.7 Å². The predicted molar refractivity (Wildman–Crippen MR) is 109 cm³/mol. The first kappa shape index (κ1) is 21.4. The minimum atomic E-state index is -0.398. The lowest BCUT2D eigenvalue weighted by molar-refractivity contribution is -0.142. The second-order valence-electron chi connectivity index (χ2n) is 8.71. The highest BCUT2D eigenvalue weighted by molar-refractivity contribution is 5.83. The van der Waals surface area contributed by atoms with Gasteiger partial charge in [-0.1, -0.05) is 52.0 Å². The lowest BCUT2D eigenvalue weighted by atomic mass is 9.91. The molecule has 5 heteroatoms. The maximum absolute atomic E-state index is 12.6. The molecule has 0 unspecified atom stereocenters. The van der Waals surface area contributed by atoms with Gasteiger partial charge >= 0.3 is 0 Å². The van der Waals surface area contributed by atoms with Crippen LogP contribution in [0.3, 0.4) is 0 Å². The van der Waals surface area contributed by atoms with E-state index in [1.54, 1.807) is 0 Å². The Morgan fingerprint density at radius 2 is 1.96 bits per heavy atom. The van der Waals surface area contributed by atoms with Crippen LogP contribution in [0.25, 0.3) is 0 Å². The number of amides is 2. The van der Waals surface area contributed by atoms with Gasteiger partial charge in [-0.3, -0.25) is 9.59 Å². The number of carbonyl (C=O) groups excluding carboxylic acids is 2. The van der Waals surface area contributed by atoms with Gasteiger partial charge in [-0.2, -0.15) is 0 Å². The van der Waals surface area contributed by atoms with E-state index in [1.165, 1.54) is 5.56 Å². The number of carbonyl (C=O) groups is 2. The summed E-state index contributed by atoms with van der Waals surface area (Å²) in [6, 6.07) is 8.37.